The Hall–Kier alpha value is -0.440. The van der Waals surface area contributed by atoms with E-state index in [2.05, 4.69) is 17.1 Å². The van der Waals surface area contributed by atoms with Crippen LogP contribution < -0.4 is 0 Å². The van der Waals surface area contributed by atoms with Crippen molar-refractivity contribution in [3.05, 3.63) is 10.0 Å². The van der Waals surface area contributed by atoms with Gasteiger partial charge in [-0.05, 0) is 12.3 Å². The molecule has 1 aliphatic carbocycles. The first kappa shape index (κ1) is 8.17. The summed E-state index contributed by atoms with van der Waals surface area (Å²) >= 11 is 1.79. The molecule has 1 fully saturated rings. The Balaban J connectivity index is 1.93. The zero-order valence-corrected chi connectivity index (χ0v) is 8.23. The number of nitrogens with zero attached hydrogens (tertiary/aromatic N) is 2. The van der Waals surface area contributed by atoms with Gasteiger partial charge in [0.25, 0.3) is 0 Å². The summed E-state index contributed by atoms with van der Waals surface area (Å²) in [6, 6.07) is 0. The second-order valence-electron chi connectivity index (χ2n) is 3.44. The lowest BCUT2D eigenvalue weighted by Crippen LogP contribution is -2.13. The van der Waals surface area contributed by atoms with Crippen molar-refractivity contribution in [2.75, 3.05) is 0 Å². The Bertz CT molecular complexity index is 253. The SMILES string of the molecule is CCc1nnc(CC2CCC2)s1. The molecule has 12 heavy (non-hydrogen) atoms. The Labute approximate surface area is 77.0 Å². The molecule has 1 saturated carbocycles. The molecule has 1 aromatic rings. The van der Waals surface area contributed by atoms with Crippen LogP contribution in [-0.4, -0.2) is 10.2 Å². The number of aryl methyl sites for hydroxylation is 1. The summed E-state index contributed by atoms with van der Waals surface area (Å²) in [5, 5.41) is 10.7. The van der Waals surface area contributed by atoms with Gasteiger partial charge in [-0.15, -0.1) is 21.5 Å². The van der Waals surface area contributed by atoms with Crippen LogP contribution in [0.5, 0.6) is 0 Å². The second kappa shape index (κ2) is 3.52. The van der Waals surface area contributed by atoms with E-state index < -0.39 is 0 Å². The molecule has 0 bridgehead atoms. The summed E-state index contributed by atoms with van der Waals surface area (Å²) in [4.78, 5) is 0. The Morgan fingerprint density at radius 2 is 2.08 bits per heavy atom. The summed E-state index contributed by atoms with van der Waals surface area (Å²) in [5.74, 6) is 0.919. The van der Waals surface area contributed by atoms with Gasteiger partial charge in [-0.25, -0.2) is 0 Å². The average Bonchev–Trinajstić information content (AvgIpc) is 2.44. The van der Waals surface area contributed by atoms with Crippen molar-refractivity contribution in [2.24, 2.45) is 5.92 Å². The van der Waals surface area contributed by atoms with Crippen molar-refractivity contribution in [1.29, 1.82) is 0 Å². The molecule has 2 nitrogen and oxygen atoms in total. The van der Waals surface area contributed by atoms with Gasteiger partial charge in [0, 0.05) is 6.42 Å². The molecule has 0 spiro atoms. The fourth-order valence-corrected chi connectivity index (χ4v) is 2.36. The van der Waals surface area contributed by atoms with E-state index in [0.29, 0.717) is 0 Å². The van der Waals surface area contributed by atoms with E-state index in [0.717, 1.165) is 12.3 Å². The Morgan fingerprint density at radius 3 is 2.58 bits per heavy atom. The molecule has 0 saturated heterocycles. The molecule has 1 heterocycles. The minimum absolute atomic E-state index is 0.919. The van der Waals surface area contributed by atoms with Crippen molar-refractivity contribution < 1.29 is 0 Å². The third kappa shape index (κ3) is 1.66. The van der Waals surface area contributed by atoms with E-state index in [1.807, 2.05) is 0 Å². The monoisotopic (exact) mass is 182 g/mol. The van der Waals surface area contributed by atoms with Gasteiger partial charge in [0.1, 0.15) is 10.0 Å². The van der Waals surface area contributed by atoms with Crippen LogP contribution in [0.15, 0.2) is 0 Å². The number of hydrogen-bond donors (Lipinski definition) is 0. The lowest BCUT2D eigenvalue weighted by Gasteiger charge is -2.23. The van der Waals surface area contributed by atoms with Crippen LogP contribution in [-0.2, 0) is 12.8 Å². The maximum Gasteiger partial charge on any atom is 0.117 e. The number of aromatic nitrogens is 2. The third-order valence-electron chi connectivity index (χ3n) is 2.50. The zero-order chi connectivity index (χ0) is 8.39. The Morgan fingerprint density at radius 1 is 1.33 bits per heavy atom. The van der Waals surface area contributed by atoms with Crippen molar-refractivity contribution in [1.82, 2.24) is 10.2 Å². The van der Waals surface area contributed by atoms with E-state index in [-0.39, 0.29) is 0 Å². The van der Waals surface area contributed by atoms with Crippen molar-refractivity contribution in [3.63, 3.8) is 0 Å². The standard InChI is InChI=1S/C9H14N2S/c1-2-8-10-11-9(12-8)6-7-4-3-5-7/h7H,2-6H2,1H3. The predicted molar refractivity (Wildman–Crippen MR) is 50.3 cm³/mol. The van der Waals surface area contributed by atoms with Crippen LogP contribution in [0.1, 0.15) is 36.2 Å². The van der Waals surface area contributed by atoms with Crippen LogP contribution in [0.2, 0.25) is 0 Å². The highest BCUT2D eigenvalue weighted by Gasteiger charge is 2.19. The lowest BCUT2D eigenvalue weighted by atomic mass is 9.83. The Kier molecular flexibility index (Phi) is 2.40. The minimum Gasteiger partial charge on any atom is -0.144 e. The third-order valence-corrected chi connectivity index (χ3v) is 3.59. The van der Waals surface area contributed by atoms with Crippen molar-refractivity contribution >= 4 is 11.3 Å². The van der Waals surface area contributed by atoms with Gasteiger partial charge < -0.3 is 0 Å². The van der Waals surface area contributed by atoms with Crippen molar-refractivity contribution in [2.45, 2.75) is 39.0 Å². The van der Waals surface area contributed by atoms with E-state index in [1.54, 1.807) is 11.3 Å². The smallest absolute Gasteiger partial charge is 0.117 e. The molecule has 1 aliphatic rings. The van der Waals surface area contributed by atoms with Gasteiger partial charge in [0.2, 0.25) is 0 Å². The first-order chi connectivity index (χ1) is 5.88. The second-order valence-corrected chi connectivity index (χ2v) is 4.59. The van der Waals surface area contributed by atoms with Crippen molar-refractivity contribution in [3.8, 4) is 0 Å². The highest BCUT2D eigenvalue weighted by molar-refractivity contribution is 7.11. The molecular weight excluding hydrogens is 168 g/mol. The normalized spacial score (nSPS) is 17.8. The maximum atomic E-state index is 4.18. The molecule has 1 aromatic heterocycles. The zero-order valence-electron chi connectivity index (χ0n) is 7.42. The summed E-state index contributed by atoms with van der Waals surface area (Å²) in [7, 11) is 0. The van der Waals surface area contributed by atoms with E-state index >= 15 is 0 Å². The molecular formula is C9H14N2S. The maximum absolute atomic E-state index is 4.18. The average molecular weight is 182 g/mol. The first-order valence-corrected chi connectivity index (χ1v) is 5.51. The van der Waals surface area contributed by atoms with Gasteiger partial charge in [-0.1, -0.05) is 26.2 Å². The highest BCUT2D eigenvalue weighted by Crippen LogP contribution is 2.30. The summed E-state index contributed by atoms with van der Waals surface area (Å²) < 4.78 is 0. The summed E-state index contributed by atoms with van der Waals surface area (Å²) in [6.45, 7) is 2.13. The van der Waals surface area contributed by atoms with Gasteiger partial charge >= 0.3 is 0 Å². The topological polar surface area (TPSA) is 25.8 Å². The molecule has 0 unspecified atom stereocenters. The van der Waals surface area contributed by atoms with Crippen LogP contribution in [0.25, 0.3) is 0 Å². The van der Waals surface area contributed by atoms with E-state index in [1.165, 1.54) is 35.7 Å². The van der Waals surface area contributed by atoms with E-state index in [4.69, 9.17) is 0 Å². The minimum atomic E-state index is 0.919. The molecule has 3 heteroatoms. The van der Waals surface area contributed by atoms with E-state index in [9.17, 15) is 0 Å². The molecule has 0 aliphatic heterocycles. The fraction of sp³-hybridized carbons (Fsp3) is 0.778. The molecule has 66 valence electrons. The first-order valence-electron chi connectivity index (χ1n) is 4.69. The summed E-state index contributed by atoms with van der Waals surface area (Å²) in [6.07, 6.45) is 6.44. The van der Waals surface area contributed by atoms with Gasteiger partial charge in [-0.3, -0.25) is 0 Å². The predicted octanol–water partition coefficient (Wildman–Crippen LogP) is 2.44. The molecule has 0 aromatic carbocycles. The molecule has 2 rings (SSSR count). The highest BCUT2D eigenvalue weighted by atomic mass is 32.1. The molecule has 0 radical (unpaired) electrons. The van der Waals surface area contributed by atoms with Gasteiger partial charge in [0.05, 0.1) is 0 Å². The van der Waals surface area contributed by atoms with Gasteiger partial charge in [0.15, 0.2) is 0 Å². The molecule has 0 N–H and O–H groups in total. The molecule has 0 atom stereocenters. The largest absolute Gasteiger partial charge is 0.144 e. The molecule has 0 amide bonds. The fourth-order valence-electron chi connectivity index (χ4n) is 1.46. The number of hydrogen-bond acceptors (Lipinski definition) is 3. The van der Waals surface area contributed by atoms with Crippen LogP contribution in [0.4, 0.5) is 0 Å². The van der Waals surface area contributed by atoms with Crippen LogP contribution in [0, 0.1) is 5.92 Å². The quantitative estimate of drug-likeness (QED) is 0.717. The number of rotatable bonds is 3. The lowest BCUT2D eigenvalue weighted by molar-refractivity contribution is 0.313. The van der Waals surface area contributed by atoms with Crippen LogP contribution in [0.3, 0.4) is 0 Å². The van der Waals surface area contributed by atoms with Gasteiger partial charge in [-0.2, -0.15) is 0 Å². The summed E-state index contributed by atoms with van der Waals surface area (Å²) in [5.41, 5.74) is 0. The van der Waals surface area contributed by atoms with Crippen LogP contribution >= 0.6 is 11.3 Å².